The summed E-state index contributed by atoms with van der Waals surface area (Å²) in [5, 5.41) is 2.97. The minimum Gasteiger partial charge on any atom is -0.490 e. The van der Waals surface area contributed by atoms with E-state index in [1.165, 1.54) is 6.33 Å². The Morgan fingerprint density at radius 2 is 2.37 bits per heavy atom. The molecular formula is C12H19N5O2. The lowest BCUT2D eigenvalue weighted by atomic mass is 9.97. The number of nitrogens with one attached hydrogen (secondary N) is 1. The van der Waals surface area contributed by atoms with E-state index in [4.69, 9.17) is 10.5 Å². The number of carbonyl (C=O) groups is 1. The van der Waals surface area contributed by atoms with Crippen LogP contribution in [0, 0.1) is 5.92 Å². The van der Waals surface area contributed by atoms with Crippen LogP contribution in [0.1, 0.15) is 12.8 Å². The molecule has 7 nitrogen and oxygen atoms in total. The summed E-state index contributed by atoms with van der Waals surface area (Å²) in [6.07, 6.45) is 3.23. The van der Waals surface area contributed by atoms with Crippen molar-refractivity contribution in [3.8, 4) is 5.75 Å². The van der Waals surface area contributed by atoms with E-state index in [-0.39, 0.29) is 11.8 Å². The monoisotopic (exact) mass is 265 g/mol. The first-order valence-corrected chi connectivity index (χ1v) is 6.28. The number of primary amides is 1. The zero-order chi connectivity index (χ0) is 13.8. The van der Waals surface area contributed by atoms with Crippen molar-refractivity contribution in [2.45, 2.75) is 12.8 Å². The number of amides is 1. The predicted octanol–water partition coefficient (Wildman–Crippen LogP) is 0.229. The lowest BCUT2D eigenvalue weighted by Crippen LogP contribution is -2.41. The number of nitrogens with zero attached hydrogens (tertiary/aromatic N) is 3. The van der Waals surface area contributed by atoms with Crippen molar-refractivity contribution in [2.75, 3.05) is 37.5 Å². The Morgan fingerprint density at radius 3 is 3.00 bits per heavy atom. The van der Waals surface area contributed by atoms with Gasteiger partial charge in [-0.15, -0.1) is 0 Å². The number of rotatable bonds is 4. The molecule has 1 aliphatic rings. The number of methoxy groups -OCH3 is 1. The number of hydrogen-bond acceptors (Lipinski definition) is 6. The molecule has 0 spiro atoms. The van der Waals surface area contributed by atoms with Gasteiger partial charge in [-0.05, 0) is 12.8 Å². The van der Waals surface area contributed by atoms with Crippen LogP contribution in [-0.2, 0) is 4.79 Å². The average molecular weight is 265 g/mol. The Hall–Kier alpha value is -2.05. The molecule has 0 aliphatic carbocycles. The third kappa shape index (κ3) is 2.69. The molecule has 7 heteroatoms. The average Bonchev–Trinajstić information content (AvgIpc) is 2.46. The molecule has 1 aromatic rings. The number of nitrogens with two attached hydrogens (primary N) is 1. The van der Waals surface area contributed by atoms with E-state index in [1.54, 1.807) is 14.2 Å². The highest BCUT2D eigenvalue weighted by molar-refractivity contribution is 5.78. The van der Waals surface area contributed by atoms with Crippen molar-refractivity contribution in [3.63, 3.8) is 0 Å². The molecule has 0 radical (unpaired) electrons. The van der Waals surface area contributed by atoms with Crippen molar-refractivity contribution in [3.05, 3.63) is 6.33 Å². The predicted molar refractivity (Wildman–Crippen MR) is 72.3 cm³/mol. The van der Waals surface area contributed by atoms with E-state index >= 15 is 0 Å². The highest BCUT2D eigenvalue weighted by Crippen LogP contribution is 2.33. The van der Waals surface area contributed by atoms with Crippen LogP contribution < -0.4 is 20.7 Å². The topological polar surface area (TPSA) is 93.4 Å². The van der Waals surface area contributed by atoms with Crippen LogP contribution in [0.3, 0.4) is 0 Å². The van der Waals surface area contributed by atoms with Crippen LogP contribution in [0.4, 0.5) is 11.6 Å². The number of hydrogen-bond donors (Lipinski definition) is 2. The van der Waals surface area contributed by atoms with E-state index < -0.39 is 0 Å². The summed E-state index contributed by atoms with van der Waals surface area (Å²) in [6.45, 7) is 1.41. The van der Waals surface area contributed by atoms with Gasteiger partial charge in [-0.1, -0.05) is 0 Å². The van der Waals surface area contributed by atoms with Crippen molar-refractivity contribution in [1.82, 2.24) is 9.97 Å². The summed E-state index contributed by atoms with van der Waals surface area (Å²) < 4.78 is 5.37. The fraction of sp³-hybridized carbons (Fsp3) is 0.583. The van der Waals surface area contributed by atoms with E-state index in [1.807, 2.05) is 4.90 Å². The van der Waals surface area contributed by atoms with Crippen LogP contribution in [0.25, 0.3) is 0 Å². The highest BCUT2D eigenvalue weighted by atomic mass is 16.5. The molecule has 0 aromatic carbocycles. The molecule has 19 heavy (non-hydrogen) atoms. The van der Waals surface area contributed by atoms with Gasteiger partial charge in [0.25, 0.3) is 0 Å². The molecule has 1 amide bonds. The van der Waals surface area contributed by atoms with Gasteiger partial charge in [0, 0.05) is 20.1 Å². The maximum atomic E-state index is 11.3. The number of aromatic nitrogens is 2. The second kappa shape index (κ2) is 5.73. The van der Waals surface area contributed by atoms with Gasteiger partial charge >= 0.3 is 0 Å². The van der Waals surface area contributed by atoms with Crippen LogP contribution in [-0.4, -0.2) is 43.1 Å². The summed E-state index contributed by atoms with van der Waals surface area (Å²) in [5.74, 6) is 1.54. The standard InChI is InChI=1S/C12H19N5O2/c1-14-11-9(19-2)12(16-7-15-11)17-5-3-4-8(6-17)10(13)18/h7-8H,3-6H2,1-2H3,(H2,13,18)(H,14,15,16). The molecule has 2 heterocycles. The van der Waals surface area contributed by atoms with E-state index in [0.717, 1.165) is 19.4 Å². The summed E-state index contributed by atoms with van der Waals surface area (Å²) >= 11 is 0. The first-order chi connectivity index (χ1) is 9.17. The van der Waals surface area contributed by atoms with Crippen molar-refractivity contribution < 1.29 is 9.53 Å². The SMILES string of the molecule is CNc1ncnc(N2CCCC(C(N)=O)C2)c1OC. The fourth-order valence-corrected chi connectivity index (χ4v) is 2.36. The molecular weight excluding hydrogens is 246 g/mol. The molecule has 3 N–H and O–H groups in total. The molecule has 0 saturated carbocycles. The van der Waals surface area contributed by atoms with Crippen LogP contribution in [0.15, 0.2) is 6.33 Å². The molecule has 1 saturated heterocycles. The van der Waals surface area contributed by atoms with Crippen LogP contribution in [0.2, 0.25) is 0 Å². The molecule has 0 bridgehead atoms. The number of anilines is 2. The van der Waals surface area contributed by atoms with Crippen molar-refractivity contribution in [1.29, 1.82) is 0 Å². The summed E-state index contributed by atoms with van der Waals surface area (Å²) in [6, 6.07) is 0. The quantitative estimate of drug-likeness (QED) is 0.809. The fourth-order valence-electron chi connectivity index (χ4n) is 2.36. The Kier molecular flexibility index (Phi) is 4.03. The zero-order valence-corrected chi connectivity index (χ0v) is 11.2. The van der Waals surface area contributed by atoms with Gasteiger partial charge in [-0.25, -0.2) is 9.97 Å². The van der Waals surface area contributed by atoms with Crippen molar-refractivity contribution in [2.24, 2.45) is 11.7 Å². The molecule has 1 aromatic heterocycles. The van der Waals surface area contributed by atoms with E-state index in [9.17, 15) is 4.79 Å². The van der Waals surface area contributed by atoms with E-state index in [2.05, 4.69) is 15.3 Å². The van der Waals surface area contributed by atoms with Crippen molar-refractivity contribution >= 4 is 17.5 Å². The minimum atomic E-state index is -0.258. The Morgan fingerprint density at radius 1 is 1.58 bits per heavy atom. The summed E-state index contributed by atoms with van der Waals surface area (Å²) in [7, 11) is 3.36. The van der Waals surface area contributed by atoms with Gasteiger partial charge in [-0.3, -0.25) is 4.79 Å². The maximum Gasteiger partial charge on any atom is 0.222 e. The molecule has 1 fully saturated rings. The Balaban J connectivity index is 2.28. The van der Waals surface area contributed by atoms with Gasteiger partial charge in [0.15, 0.2) is 11.6 Å². The van der Waals surface area contributed by atoms with Gasteiger partial charge < -0.3 is 20.7 Å². The molecule has 2 rings (SSSR count). The first-order valence-electron chi connectivity index (χ1n) is 6.28. The zero-order valence-electron chi connectivity index (χ0n) is 11.2. The van der Waals surface area contributed by atoms with Crippen LogP contribution >= 0.6 is 0 Å². The minimum absolute atomic E-state index is 0.133. The number of ether oxygens (including phenoxy) is 1. The molecule has 1 atom stereocenters. The lowest BCUT2D eigenvalue weighted by molar-refractivity contribution is -0.122. The van der Waals surface area contributed by atoms with Gasteiger partial charge in [0.1, 0.15) is 6.33 Å². The first kappa shape index (κ1) is 13.4. The number of carbonyl (C=O) groups excluding carboxylic acids is 1. The molecule has 1 unspecified atom stereocenters. The lowest BCUT2D eigenvalue weighted by Gasteiger charge is -2.32. The Labute approximate surface area is 112 Å². The smallest absolute Gasteiger partial charge is 0.222 e. The van der Waals surface area contributed by atoms with Gasteiger partial charge in [-0.2, -0.15) is 0 Å². The maximum absolute atomic E-state index is 11.3. The van der Waals surface area contributed by atoms with Gasteiger partial charge in [0.2, 0.25) is 11.7 Å². The number of piperidine rings is 1. The Bertz CT molecular complexity index is 465. The highest BCUT2D eigenvalue weighted by Gasteiger charge is 2.27. The van der Waals surface area contributed by atoms with Gasteiger partial charge in [0.05, 0.1) is 13.0 Å². The summed E-state index contributed by atoms with van der Waals surface area (Å²) in [5.41, 5.74) is 5.39. The second-order valence-corrected chi connectivity index (χ2v) is 4.52. The normalized spacial score (nSPS) is 19.1. The molecule has 1 aliphatic heterocycles. The largest absolute Gasteiger partial charge is 0.490 e. The third-order valence-corrected chi connectivity index (χ3v) is 3.35. The van der Waals surface area contributed by atoms with Crippen LogP contribution in [0.5, 0.6) is 5.75 Å². The molecule has 104 valence electrons. The summed E-state index contributed by atoms with van der Waals surface area (Å²) in [4.78, 5) is 21.7. The third-order valence-electron chi connectivity index (χ3n) is 3.35. The van der Waals surface area contributed by atoms with E-state index in [0.29, 0.717) is 23.9 Å². The second-order valence-electron chi connectivity index (χ2n) is 4.52.